The van der Waals surface area contributed by atoms with Crippen molar-refractivity contribution >= 4 is 7.87 Å². The van der Waals surface area contributed by atoms with Gasteiger partial charge in [0.25, 0.3) is 0 Å². The smallest absolute Gasteiger partial charge is 0.309 e. The number of nitrogens with zero attached hydrogens (tertiary/aromatic N) is 4. The summed E-state index contributed by atoms with van der Waals surface area (Å²) in [5.74, 6) is 0. The number of hydrogen-bond acceptors (Lipinski definition) is 7. The maximum atomic E-state index is 5.69. The number of hydrogen-bond donors (Lipinski definition) is 0. The van der Waals surface area contributed by atoms with Crippen LogP contribution in [0.15, 0.2) is 0 Å². The highest BCUT2D eigenvalue weighted by molar-refractivity contribution is 7.66. The van der Waals surface area contributed by atoms with Crippen LogP contribution in [0.1, 0.15) is 13.8 Å². The van der Waals surface area contributed by atoms with E-state index in [1.54, 1.807) is 0 Å². The molecule has 0 N–H and O–H groups in total. The van der Waals surface area contributed by atoms with Crippen LogP contribution in [0.2, 0.25) is 0 Å². The van der Waals surface area contributed by atoms with E-state index in [9.17, 15) is 0 Å². The molecule has 3 rings (SSSR count). The zero-order valence-electron chi connectivity index (χ0n) is 15.7. The molecule has 0 saturated carbocycles. The molecular formula is C16H34BrN4O3P. The SMILES string of the molecule is CCN(CC)[P+](N1CCOCC1)(N1CCOCC1)N1CCOCC1.[Br-]. The van der Waals surface area contributed by atoms with Crippen molar-refractivity contribution in [2.24, 2.45) is 0 Å². The fourth-order valence-corrected chi connectivity index (χ4v) is 9.15. The summed E-state index contributed by atoms with van der Waals surface area (Å²) in [5, 5.41) is 0. The third kappa shape index (κ3) is 4.55. The third-order valence-corrected chi connectivity index (χ3v) is 10.0. The molecule has 0 radical (unpaired) electrons. The maximum Gasteiger partial charge on any atom is 0.309 e. The average Bonchev–Trinajstić information content (AvgIpc) is 2.68. The normalized spacial score (nSPS) is 25.1. The summed E-state index contributed by atoms with van der Waals surface area (Å²) in [6.07, 6.45) is 0. The highest BCUT2D eigenvalue weighted by Gasteiger charge is 2.61. The molecule has 0 bridgehead atoms. The molecule has 0 unspecified atom stereocenters. The fraction of sp³-hybridized carbons (Fsp3) is 1.00. The Kier molecular flexibility index (Phi) is 9.50. The molecule has 0 atom stereocenters. The predicted octanol–water partition coefficient (Wildman–Crippen LogP) is -1.99. The molecule has 3 aliphatic rings. The molecule has 3 aliphatic heterocycles. The van der Waals surface area contributed by atoms with Gasteiger partial charge in [-0.1, -0.05) is 0 Å². The second-order valence-corrected chi connectivity index (χ2v) is 9.71. The lowest BCUT2D eigenvalue weighted by molar-refractivity contribution is -0.00000800. The second-order valence-electron chi connectivity index (χ2n) is 6.37. The first-order valence-electron chi connectivity index (χ1n) is 9.48. The van der Waals surface area contributed by atoms with Crippen LogP contribution in [0.4, 0.5) is 0 Å². The van der Waals surface area contributed by atoms with Gasteiger partial charge >= 0.3 is 7.87 Å². The van der Waals surface area contributed by atoms with Crippen molar-refractivity contribution < 1.29 is 31.2 Å². The zero-order chi connectivity index (χ0) is 16.8. The van der Waals surface area contributed by atoms with Crippen LogP contribution < -0.4 is 17.0 Å². The summed E-state index contributed by atoms with van der Waals surface area (Å²) < 4.78 is 28.0. The van der Waals surface area contributed by atoms with Crippen molar-refractivity contribution in [2.75, 3.05) is 92.0 Å². The summed E-state index contributed by atoms with van der Waals surface area (Å²) in [5.41, 5.74) is 0. The Morgan fingerprint density at radius 1 is 0.640 bits per heavy atom. The minimum Gasteiger partial charge on any atom is -1.00 e. The third-order valence-electron chi connectivity index (χ3n) is 5.21. The quantitative estimate of drug-likeness (QED) is 0.442. The zero-order valence-corrected chi connectivity index (χ0v) is 18.2. The van der Waals surface area contributed by atoms with E-state index >= 15 is 0 Å². The van der Waals surface area contributed by atoms with E-state index in [-0.39, 0.29) is 17.0 Å². The molecular weight excluding hydrogens is 407 g/mol. The van der Waals surface area contributed by atoms with Gasteiger partial charge in [0, 0.05) is 13.1 Å². The Balaban J connectivity index is 0.00000225. The molecule has 0 amide bonds. The van der Waals surface area contributed by atoms with Gasteiger partial charge in [-0.05, 0) is 13.8 Å². The monoisotopic (exact) mass is 440 g/mol. The first kappa shape index (κ1) is 21.9. The van der Waals surface area contributed by atoms with Crippen molar-refractivity contribution in [1.29, 1.82) is 0 Å². The first-order valence-corrected chi connectivity index (χ1v) is 11.1. The van der Waals surface area contributed by atoms with E-state index in [2.05, 4.69) is 32.5 Å². The van der Waals surface area contributed by atoms with E-state index < -0.39 is 7.87 Å². The van der Waals surface area contributed by atoms with Crippen LogP contribution in [0.25, 0.3) is 0 Å². The van der Waals surface area contributed by atoms with Gasteiger partial charge in [0.15, 0.2) is 0 Å². The van der Waals surface area contributed by atoms with Gasteiger partial charge in [0.1, 0.15) is 0 Å². The van der Waals surface area contributed by atoms with Gasteiger partial charge < -0.3 is 31.2 Å². The average molecular weight is 441 g/mol. The lowest BCUT2D eigenvalue weighted by Gasteiger charge is -2.53. The molecule has 0 aromatic carbocycles. The standard InChI is InChI=1S/C16H34N4O3P.BrH/c1-3-17(4-2)24(18-5-11-21-12-6-18,19-7-13-22-14-8-19)20-9-15-23-16-10-20;/h3-16H2,1-2H3;1H/q+1;/p-1. The summed E-state index contributed by atoms with van der Waals surface area (Å²) in [6, 6.07) is 0. The summed E-state index contributed by atoms with van der Waals surface area (Å²) in [4.78, 5) is 0. The molecule has 9 heteroatoms. The topological polar surface area (TPSA) is 40.7 Å². The number of rotatable bonds is 6. The van der Waals surface area contributed by atoms with Crippen molar-refractivity contribution in [2.45, 2.75) is 13.8 Å². The fourth-order valence-electron chi connectivity index (χ4n) is 4.14. The first-order chi connectivity index (χ1) is 11.8. The van der Waals surface area contributed by atoms with Crippen molar-refractivity contribution in [3.05, 3.63) is 0 Å². The van der Waals surface area contributed by atoms with Gasteiger partial charge in [-0.15, -0.1) is 18.7 Å². The molecule has 3 saturated heterocycles. The Morgan fingerprint density at radius 3 is 1.16 bits per heavy atom. The summed E-state index contributed by atoms with van der Waals surface area (Å²) in [6.45, 7) is 18.0. The number of ether oxygens (including phenoxy) is 3. The molecule has 0 aromatic rings. The van der Waals surface area contributed by atoms with Crippen LogP contribution in [0, 0.1) is 0 Å². The Hall–Kier alpha value is 0.630. The van der Waals surface area contributed by atoms with Gasteiger partial charge in [0.2, 0.25) is 0 Å². The van der Waals surface area contributed by atoms with Crippen LogP contribution in [0.3, 0.4) is 0 Å². The van der Waals surface area contributed by atoms with E-state index in [4.69, 9.17) is 14.2 Å². The molecule has 3 fully saturated rings. The van der Waals surface area contributed by atoms with Crippen LogP contribution >= 0.6 is 7.87 Å². The Bertz CT molecular complexity index is 329. The van der Waals surface area contributed by atoms with Gasteiger partial charge in [0.05, 0.1) is 78.9 Å². The van der Waals surface area contributed by atoms with Crippen molar-refractivity contribution in [1.82, 2.24) is 18.7 Å². The Labute approximate surface area is 163 Å². The second kappa shape index (κ2) is 10.8. The molecule has 7 nitrogen and oxygen atoms in total. The van der Waals surface area contributed by atoms with Crippen LogP contribution in [-0.2, 0) is 14.2 Å². The van der Waals surface area contributed by atoms with Crippen LogP contribution in [-0.4, -0.2) is 111 Å². The largest absolute Gasteiger partial charge is 1.00 e. The predicted molar refractivity (Wildman–Crippen MR) is 97.0 cm³/mol. The van der Waals surface area contributed by atoms with Crippen molar-refractivity contribution in [3.63, 3.8) is 0 Å². The summed E-state index contributed by atoms with van der Waals surface area (Å²) >= 11 is 0. The molecule has 0 aliphatic carbocycles. The summed E-state index contributed by atoms with van der Waals surface area (Å²) in [7, 11) is -1.74. The minimum absolute atomic E-state index is 0. The highest BCUT2D eigenvalue weighted by Crippen LogP contribution is 2.70. The molecule has 148 valence electrons. The molecule has 0 spiro atoms. The van der Waals surface area contributed by atoms with E-state index in [1.807, 2.05) is 0 Å². The lowest BCUT2D eigenvalue weighted by Crippen LogP contribution is -3.00. The van der Waals surface area contributed by atoms with E-state index in [1.165, 1.54) is 0 Å². The van der Waals surface area contributed by atoms with E-state index in [0.29, 0.717) is 0 Å². The molecule has 0 aromatic heterocycles. The van der Waals surface area contributed by atoms with Gasteiger partial charge in [-0.2, -0.15) is 0 Å². The number of morpholine rings is 3. The number of halogens is 1. The van der Waals surface area contributed by atoms with Crippen molar-refractivity contribution in [3.8, 4) is 0 Å². The van der Waals surface area contributed by atoms with Gasteiger partial charge in [-0.25, -0.2) is 0 Å². The maximum absolute atomic E-state index is 5.69. The van der Waals surface area contributed by atoms with E-state index in [0.717, 1.165) is 92.0 Å². The Morgan fingerprint density at radius 2 is 0.920 bits per heavy atom. The van der Waals surface area contributed by atoms with Gasteiger partial charge in [-0.3, -0.25) is 0 Å². The minimum atomic E-state index is -1.74. The molecule has 3 heterocycles. The highest BCUT2D eigenvalue weighted by atomic mass is 79.9. The van der Waals surface area contributed by atoms with Crippen LogP contribution in [0.5, 0.6) is 0 Å². The lowest BCUT2D eigenvalue weighted by atomic mass is 10.5. The molecule has 25 heavy (non-hydrogen) atoms.